The first-order chi connectivity index (χ1) is 12.6. The molecule has 0 spiro atoms. The van der Waals surface area contributed by atoms with E-state index in [1.807, 2.05) is 0 Å². The lowest BCUT2D eigenvalue weighted by molar-refractivity contribution is -0.116. The van der Waals surface area contributed by atoms with Crippen molar-refractivity contribution < 1.29 is 9.59 Å². The predicted octanol–water partition coefficient (Wildman–Crippen LogP) is 3.84. The summed E-state index contributed by atoms with van der Waals surface area (Å²) >= 11 is 5.79. The maximum atomic E-state index is 12.5. The third kappa shape index (κ3) is 6.46. The largest absolute Gasteiger partial charge is 0.330 e. The molecular weight excluding hydrogens is 352 g/mol. The molecule has 0 radical (unpaired) electrons. The van der Waals surface area contributed by atoms with E-state index in [1.165, 1.54) is 6.20 Å². The molecule has 138 valence electrons. The standard InChI is InChI=1S/C19H23ClN4O2/c20-14-10-11-17(22-13-14)24-19(26)15-7-4-5-8-16(15)23-18(25)9-3-1-2-6-12-21/h4-5,7-8,10-11,13H,1-3,6,9,12,21H2,(H,23,25)(H,22,24,26). The van der Waals surface area contributed by atoms with Crippen LogP contribution in [0.25, 0.3) is 0 Å². The van der Waals surface area contributed by atoms with Gasteiger partial charge in [0.1, 0.15) is 5.82 Å². The van der Waals surface area contributed by atoms with Crippen LogP contribution < -0.4 is 16.4 Å². The quantitative estimate of drug-likeness (QED) is 0.581. The molecular formula is C19H23ClN4O2. The summed E-state index contributed by atoms with van der Waals surface area (Å²) in [5.41, 5.74) is 6.31. The van der Waals surface area contributed by atoms with Crippen molar-refractivity contribution >= 4 is 34.9 Å². The third-order valence-corrected chi connectivity index (χ3v) is 4.00. The van der Waals surface area contributed by atoms with E-state index in [-0.39, 0.29) is 11.8 Å². The topological polar surface area (TPSA) is 97.1 Å². The van der Waals surface area contributed by atoms with E-state index in [1.54, 1.807) is 36.4 Å². The molecule has 2 amide bonds. The average Bonchev–Trinajstić information content (AvgIpc) is 2.64. The number of carbonyl (C=O) groups is 2. The zero-order valence-electron chi connectivity index (χ0n) is 14.5. The number of nitrogens with zero attached hydrogens (tertiary/aromatic N) is 1. The van der Waals surface area contributed by atoms with Gasteiger partial charge >= 0.3 is 0 Å². The lowest BCUT2D eigenvalue weighted by Crippen LogP contribution is -2.18. The van der Waals surface area contributed by atoms with Gasteiger partial charge < -0.3 is 16.4 Å². The Morgan fingerprint density at radius 1 is 1.00 bits per heavy atom. The van der Waals surface area contributed by atoms with Gasteiger partial charge in [0, 0.05) is 12.6 Å². The van der Waals surface area contributed by atoms with Gasteiger partial charge in [0.25, 0.3) is 5.91 Å². The van der Waals surface area contributed by atoms with E-state index in [9.17, 15) is 9.59 Å². The predicted molar refractivity (Wildman–Crippen MR) is 104 cm³/mol. The number of para-hydroxylation sites is 1. The molecule has 6 nitrogen and oxygen atoms in total. The summed E-state index contributed by atoms with van der Waals surface area (Å²) in [7, 11) is 0. The molecule has 2 aromatic rings. The van der Waals surface area contributed by atoms with Crippen molar-refractivity contribution in [1.29, 1.82) is 0 Å². The normalized spacial score (nSPS) is 10.4. The second kappa shape index (κ2) is 10.5. The number of rotatable bonds is 9. The molecule has 0 bridgehead atoms. The van der Waals surface area contributed by atoms with Gasteiger partial charge in [0.2, 0.25) is 5.91 Å². The molecule has 0 fully saturated rings. The van der Waals surface area contributed by atoms with E-state index < -0.39 is 0 Å². The highest BCUT2D eigenvalue weighted by Gasteiger charge is 2.13. The SMILES string of the molecule is NCCCCCCC(=O)Nc1ccccc1C(=O)Nc1ccc(Cl)cn1. The average molecular weight is 375 g/mol. The van der Waals surface area contributed by atoms with E-state index in [2.05, 4.69) is 15.6 Å². The van der Waals surface area contributed by atoms with E-state index >= 15 is 0 Å². The summed E-state index contributed by atoms with van der Waals surface area (Å²) in [5, 5.41) is 5.99. The monoisotopic (exact) mass is 374 g/mol. The molecule has 2 rings (SSSR count). The van der Waals surface area contributed by atoms with Gasteiger partial charge in [0.15, 0.2) is 0 Å². The van der Waals surface area contributed by atoms with Crippen LogP contribution in [0.3, 0.4) is 0 Å². The van der Waals surface area contributed by atoms with Crippen LogP contribution in [0, 0.1) is 0 Å². The van der Waals surface area contributed by atoms with Crippen molar-refractivity contribution in [2.24, 2.45) is 5.73 Å². The fourth-order valence-electron chi connectivity index (χ4n) is 2.42. The summed E-state index contributed by atoms with van der Waals surface area (Å²) in [6.07, 6.45) is 5.64. The molecule has 0 aliphatic carbocycles. The van der Waals surface area contributed by atoms with Crippen molar-refractivity contribution in [2.45, 2.75) is 32.1 Å². The Labute approximate surface area is 158 Å². The Hall–Kier alpha value is -2.44. The second-order valence-corrected chi connectivity index (χ2v) is 6.30. The molecule has 0 saturated carbocycles. The van der Waals surface area contributed by atoms with Gasteiger partial charge in [-0.05, 0) is 43.7 Å². The van der Waals surface area contributed by atoms with Gasteiger partial charge in [-0.25, -0.2) is 4.98 Å². The molecule has 0 atom stereocenters. The minimum Gasteiger partial charge on any atom is -0.330 e. The van der Waals surface area contributed by atoms with Crippen LogP contribution in [-0.4, -0.2) is 23.3 Å². The van der Waals surface area contributed by atoms with Gasteiger partial charge in [-0.2, -0.15) is 0 Å². The van der Waals surface area contributed by atoms with E-state index in [4.69, 9.17) is 17.3 Å². The van der Waals surface area contributed by atoms with Crippen LogP contribution in [0.4, 0.5) is 11.5 Å². The van der Waals surface area contributed by atoms with Crippen LogP contribution in [0.2, 0.25) is 5.02 Å². The maximum Gasteiger partial charge on any atom is 0.258 e. The Morgan fingerprint density at radius 3 is 2.50 bits per heavy atom. The smallest absolute Gasteiger partial charge is 0.258 e. The molecule has 0 unspecified atom stereocenters. The highest BCUT2D eigenvalue weighted by molar-refractivity contribution is 6.30. The molecule has 26 heavy (non-hydrogen) atoms. The minimum atomic E-state index is -0.348. The van der Waals surface area contributed by atoms with E-state index in [0.717, 1.165) is 25.7 Å². The molecule has 0 saturated heterocycles. The van der Waals surface area contributed by atoms with Crippen LogP contribution in [-0.2, 0) is 4.79 Å². The number of benzene rings is 1. The number of pyridine rings is 1. The fraction of sp³-hybridized carbons (Fsp3) is 0.316. The number of anilines is 2. The van der Waals surface area contributed by atoms with Crippen LogP contribution >= 0.6 is 11.6 Å². The Morgan fingerprint density at radius 2 is 1.77 bits per heavy atom. The zero-order chi connectivity index (χ0) is 18.8. The third-order valence-electron chi connectivity index (χ3n) is 3.77. The summed E-state index contributed by atoms with van der Waals surface area (Å²) in [4.78, 5) is 28.6. The Bertz CT molecular complexity index is 735. The fourth-order valence-corrected chi connectivity index (χ4v) is 2.53. The molecule has 7 heteroatoms. The van der Waals surface area contributed by atoms with Crippen LogP contribution in [0.1, 0.15) is 42.5 Å². The van der Waals surface area contributed by atoms with Crippen LogP contribution in [0.15, 0.2) is 42.6 Å². The van der Waals surface area contributed by atoms with Gasteiger partial charge in [-0.15, -0.1) is 0 Å². The lowest BCUT2D eigenvalue weighted by atomic mass is 10.1. The summed E-state index contributed by atoms with van der Waals surface area (Å²) in [6, 6.07) is 10.1. The summed E-state index contributed by atoms with van der Waals surface area (Å²) in [6.45, 7) is 0.678. The maximum absolute atomic E-state index is 12.5. The number of nitrogens with two attached hydrogens (primary N) is 1. The first-order valence-electron chi connectivity index (χ1n) is 8.62. The summed E-state index contributed by atoms with van der Waals surface area (Å²) < 4.78 is 0. The van der Waals surface area contributed by atoms with Crippen molar-refractivity contribution in [3.05, 3.63) is 53.2 Å². The molecule has 0 aliphatic heterocycles. The molecule has 1 heterocycles. The molecule has 0 aliphatic rings. The minimum absolute atomic E-state index is 0.109. The number of hydrogen-bond donors (Lipinski definition) is 3. The lowest BCUT2D eigenvalue weighted by Gasteiger charge is -2.11. The highest BCUT2D eigenvalue weighted by Crippen LogP contribution is 2.18. The van der Waals surface area contributed by atoms with Crippen molar-refractivity contribution in [2.75, 3.05) is 17.2 Å². The Kier molecular flexibility index (Phi) is 8.05. The van der Waals surface area contributed by atoms with Gasteiger partial charge in [-0.3, -0.25) is 9.59 Å². The van der Waals surface area contributed by atoms with Crippen LogP contribution in [0.5, 0.6) is 0 Å². The number of aromatic nitrogens is 1. The van der Waals surface area contributed by atoms with Crippen molar-refractivity contribution in [3.63, 3.8) is 0 Å². The van der Waals surface area contributed by atoms with Gasteiger partial charge in [-0.1, -0.05) is 36.6 Å². The Balaban J connectivity index is 1.94. The van der Waals surface area contributed by atoms with Crippen molar-refractivity contribution in [1.82, 2.24) is 4.98 Å². The van der Waals surface area contributed by atoms with E-state index in [0.29, 0.717) is 35.1 Å². The first-order valence-corrected chi connectivity index (χ1v) is 9.00. The second-order valence-electron chi connectivity index (χ2n) is 5.86. The first kappa shape index (κ1) is 19.9. The number of amides is 2. The number of hydrogen-bond acceptors (Lipinski definition) is 4. The zero-order valence-corrected chi connectivity index (χ0v) is 15.3. The highest BCUT2D eigenvalue weighted by atomic mass is 35.5. The number of nitrogens with one attached hydrogen (secondary N) is 2. The molecule has 1 aromatic heterocycles. The summed E-state index contributed by atoms with van der Waals surface area (Å²) in [5.74, 6) is -0.0679. The number of carbonyl (C=O) groups excluding carboxylic acids is 2. The number of halogens is 1. The molecule has 4 N–H and O–H groups in total. The number of unbranched alkanes of at least 4 members (excludes halogenated alkanes) is 3. The molecule has 1 aromatic carbocycles. The van der Waals surface area contributed by atoms with Gasteiger partial charge in [0.05, 0.1) is 16.3 Å². The van der Waals surface area contributed by atoms with Crippen molar-refractivity contribution in [3.8, 4) is 0 Å².